The van der Waals surface area contributed by atoms with Gasteiger partial charge in [-0.3, -0.25) is 9.69 Å². The summed E-state index contributed by atoms with van der Waals surface area (Å²) < 4.78 is 15.6. The number of amides is 3. The standard InChI is InChI=1S/C16H15FN2O2/c1-18-13-11-8-7-9-5-3-4-6-10(9)12(11)16(13,17)14(20)19(2)15(18)21/h3-8,11-13H,1-2H3/t11-,12+,13+,16+/m0/s1. The third-order valence-electron chi connectivity index (χ3n) is 5.10. The van der Waals surface area contributed by atoms with E-state index < -0.39 is 29.6 Å². The number of imide groups is 1. The summed E-state index contributed by atoms with van der Waals surface area (Å²) in [4.78, 5) is 26.7. The zero-order chi connectivity index (χ0) is 14.9. The van der Waals surface area contributed by atoms with Crippen LogP contribution in [0.1, 0.15) is 17.0 Å². The van der Waals surface area contributed by atoms with Crippen LogP contribution in [0.4, 0.5) is 9.18 Å². The number of nitrogens with zero attached hydrogens (tertiary/aromatic N) is 2. The summed E-state index contributed by atoms with van der Waals surface area (Å²) in [6, 6.07) is 6.40. The van der Waals surface area contributed by atoms with Crippen molar-refractivity contribution in [3.63, 3.8) is 0 Å². The molecule has 2 fully saturated rings. The van der Waals surface area contributed by atoms with E-state index in [1.165, 1.54) is 11.9 Å². The van der Waals surface area contributed by atoms with E-state index in [4.69, 9.17) is 0 Å². The molecule has 4 rings (SSSR count). The number of carbonyl (C=O) groups excluding carboxylic acids is 2. The Morgan fingerprint density at radius 1 is 1.19 bits per heavy atom. The van der Waals surface area contributed by atoms with Crippen LogP contribution in [0.2, 0.25) is 0 Å². The lowest BCUT2D eigenvalue weighted by Gasteiger charge is -2.61. The van der Waals surface area contributed by atoms with Crippen LogP contribution in [0.5, 0.6) is 0 Å². The molecule has 1 heterocycles. The van der Waals surface area contributed by atoms with Crippen LogP contribution < -0.4 is 0 Å². The van der Waals surface area contributed by atoms with E-state index in [-0.39, 0.29) is 5.92 Å². The highest BCUT2D eigenvalue weighted by Gasteiger charge is 2.73. The van der Waals surface area contributed by atoms with Gasteiger partial charge in [0.2, 0.25) is 5.67 Å². The van der Waals surface area contributed by atoms with E-state index in [0.29, 0.717) is 0 Å². The number of benzene rings is 1. The molecule has 3 aliphatic rings. The molecule has 4 nitrogen and oxygen atoms in total. The first-order valence-corrected chi connectivity index (χ1v) is 6.99. The lowest BCUT2D eigenvalue weighted by Crippen LogP contribution is -2.79. The molecule has 0 N–H and O–H groups in total. The summed E-state index contributed by atoms with van der Waals surface area (Å²) in [6.07, 6.45) is 3.88. The molecule has 0 aromatic heterocycles. The SMILES string of the molecule is CN1C(=O)N(C)[C@@H]2[C@H]3C=Cc4ccccc4[C@H]3[C@]2(F)C1=O. The second kappa shape index (κ2) is 3.72. The summed E-state index contributed by atoms with van der Waals surface area (Å²) in [5.41, 5.74) is -0.222. The van der Waals surface area contributed by atoms with Crippen molar-refractivity contribution in [2.24, 2.45) is 5.92 Å². The number of alkyl halides is 1. The van der Waals surface area contributed by atoms with E-state index in [2.05, 4.69) is 0 Å². The van der Waals surface area contributed by atoms with Crippen molar-refractivity contribution in [3.05, 3.63) is 41.5 Å². The van der Waals surface area contributed by atoms with E-state index in [0.717, 1.165) is 16.0 Å². The highest BCUT2D eigenvalue weighted by atomic mass is 19.1. The molecular formula is C16H15FN2O2. The Morgan fingerprint density at radius 2 is 1.90 bits per heavy atom. The first kappa shape index (κ1) is 12.6. The number of halogens is 1. The molecule has 21 heavy (non-hydrogen) atoms. The van der Waals surface area contributed by atoms with Crippen molar-refractivity contribution < 1.29 is 14.0 Å². The monoisotopic (exact) mass is 286 g/mol. The molecule has 1 aliphatic heterocycles. The summed E-state index contributed by atoms with van der Waals surface area (Å²) in [5.74, 6) is -1.37. The van der Waals surface area contributed by atoms with E-state index in [9.17, 15) is 9.59 Å². The second-order valence-electron chi connectivity index (χ2n) is 6.01. The van der Waals surface area contributed by atoms with Gasteiger partial charge in [0.15, 0.2) is 0 Å². The van der Waals surface area contributed by atoms with Crippen LogP contribution in [-0.4, -0.2) is 47.5 Å². The van der Waals surface area contributed by atoms with E-state index in [1.54, 1.807) is 7.05 Å². The second-order valence-corrected chi connectivity index (χ2v) is 6.01. The number of urea groups is 1. The first-order valence-electron chi connectivity index (χ1n) is 6.99. The summed E-state index contributed by atoms with van der Waals surface area (Å²) in [7, 11) is 2.91. The topological polar surface area (TPSA) is 40.6 Å². The maximum absolute atomic E-state index is 15.6. The predicted molar refractivity (Wildman–Crippen MR) is 75.3 cm³/mol. The van der Waals surface area contributed by atoms with Crippen molar-refractivity contribution >= 4 is 18.0 Å². The number of hydrogen-bond donors (Lipinski definition) is 0. The fourth-order valence-electron chi connectivity index (χ4n) is 4.12. The molecule has 0 radical (unpaired) electrons. The third kappa shape index (κ3) is 1.25. The minimum Gasteiger partial charge on any atom is -0.320 e. The normalized spacial score (nSPS) is 36.8. The quantitative estimate of drug-likeness (QED) is 0.732. The summed E-state index contributed by atoms with van der Waals surface area (Å²) >= 11 is 0. The van der Waals surface area contributed by atoms with E-state index >= 15 is 4.39 Å². The molecule has 5 heteroatoms. The van der Waals surface area contributed by atoms with Gasteiger partial charge in [-0.2, -0.15) is 0 Å². The van der Waals surface area contributed by atoms with Crippen molar-refractivity contribution in [2.75, 3.05) is 14.1 Å². The minimum absolute atomic E-state index is 0.142. The molecule has 1 aromatic carbocycles. The average molecular weight is 286 g/mol. The number of rotatable bonds is 0. The summed E-state index contributed by atoms with van der Waals surface area (Å²) in [6.45, 7) is 0. The summed E-state index contributed by atoms with van der Waals surface area (Å²) in [5, 5.41) is 0. The number of fused-ring (bicyclic) bond motifs is 6. The van der Waals surface area contributed by atoms with Gasteiger partial charge in [-0.1, -0.05) is 36.4 Å². The van der Waals surface area contributed by atoms with Gasteiger partial charge in [-0.25, -0.2) is 9.18 Å². The largest absolute Gasteiger partial charge is 0.326 e. The molecule has 0 unspecified atom stereocenters. The van der Waals surface area contributed by atoms with Gasteiger partial charge in [0, 0.05) is 25.9 Å². The Bertz CT molecular complexity index is 701. The third-order valence-corrected chi connectivity index (χ3v) is 5.10. The van der Waals surface area contributed by atoms with Crippen LogP contribution in [0.3, 0.4) is 0 Å². The fraction of sp³-hybridized carbons (Fsp3) is 0.375. The number of hydrogen-bond acceptors (Lipinski definition) is 2. The van der Waals surface area contributed by atoms with Crippen LogP contribution in [0.25, 0.3) is 6.08 Å². The van der Waals surface area contributed by atoms with Crippen molar-refractivity contribution in [1.29, 1.82) is 0 Å². The van der Waals surface area contributed by atoms with E-state index in [1.807, 2.05) is 36.4 Å². The van der Waals surface area contributed by atoms with Crippen molar-refractivity contribution in [3.8, 4) is 0 Å². The molecular weight excluding hydrogens is 271 g/mol. The highest BCUT2D eigenvalue weighted by Crippen LogP contribution is 2.60. The Labute approximate surface area is 121 Å². The predicted octanol–water partition coefficient (Wildman–Crippen LogP) is 2.03. The van der Waals surface area contributed by atoms with Gasteiger partial charge < -0.3 is 4.90 Å². The smallest absolute Gasteiger partial charge is 0.320 e. The Kier molecular flexibility index (Phi) is 2.23. The number of carbonyl (C=O) groups is 2. The molecule has 3 amide bonds. The Morgan fingerprint density at radius 3 is 2.67 bits per heavy atom. The molecule has 4 atom stereocenters. The van der Waals surface area contributed by atoms with Crippen LogP contribution in [0.15, 0.2) is 30.3 Å². The molecule has 0 spiro atoms. The van der Waals surface area contributed by atoms with Crippen LogP contribution >= 0.6 is 0 Å². The molecule has 2 aliphatic carbocycles. The first-order chi connectivity index (χ1) is 9.98. The molecule has 1 aromatic rings. The molecule has 0 bridgehead atoms. The molecule has 1 saturated heterocycles. The van der Waals surface area contributed by atoms with Gasteiger partial charge in [-0.05, 0) is 11.1 Å². The van der Waals surface area contributed by atoms with Crippen molar-refractivity contribution in [1.82, 2.24) is 9.80 Å². The molecule has 108 valence electrons. The lowest BCUT2D eigenvalue weighted by atomic mass is 9.52. The maximum atomic E-state index is 15.6. The fourth-order valence-corrected chi connectivity index (χ4v) is 4.12. The zero-order valence-electron chi connectivity index (χ0n) is 11.8. The van der Waals surface area contributed by atoms with Gasteiger partial charge in [0.05, 0.1) is 6.04 Å². The maximum Gasteiger partial charge on any atom is 0.326 e. The van der Waals surface area contributed by atoms with Crippen LogP contribution in [-0.2, 0) is 4.79 Å². The van der Waals surface area contributed by atoms with Gasteiger partial charge in [0.1, 0.15) is 0 Å². The average Bonchev–Trinajstić information content (AvgIpc) is 2.49. The van der Waals surface area contributed by atoms with Gasteiger partial charge in [-0.15, -0.1) is 0 Å². The van der Waals surface area contributed by atoms with Crippen LogP contribution in [0, 0.1) is 5.92 Å². The molecule has 1 saturated carbocycles. The highest BCUT2D eigenvalue weighted by molar-refractivity contribution is 6.04. The van der Waals surface area contributed by atoms with Gasteiger partial charge >= 0.3 is 6.03 Å². The Balaban J connectivity index is 1.87. The lowest BCUT2D eigenvalue weighted by molar-refractivity contribution is -0.173. The Hall–Kier alpha value is -2.17. The zero-order valence-corrected chi connectivity index (χ0v) is 11.8. The minimum atomic E-state index is -2.02. The van der Waals surface area contributed by atoms with Gasteiger partial charge in [0.25, 0.3) is 5.91 Å². The van der Waals surface area contributed by atoms with Crippen molar-refractivity contribution in [2.45, 2.75) is 17.6 Å².